The van der Waals surface area contributed by atoms with Crippen LogP contribution in [-0.4, -0.2) is 33.1 Å². The van der Waals surface area contributed by atoms with Crippen LogP contribution in [0, 0.1) is 0 Å². The molecule has 4 rings (SSSR count). The van der Waals surface area contributed by atoms with Crippen molar-refractivity contribution in [1.29, 1.82) is 0 Å². The number of fused-ring (bicyclic) bond motifs is 1. The van der Waals surface area contributed by atoms with Gasteiger partial charge in [-0.2, -0.15) is 5.10 Å². The Kier molecular flexibility index (Phi) is 5.98. The number of esters is 1. The van der Waals surface area contributed by atoms with Gasteiger partial charge < -0.3 is 4.74 Å². The number of nitrogens with zero attached hydrogens (tertiary/aromatic N) is 4. The third-order valence-electron chi connectivity index (χ3n) is 4.13. The van der Waals surface area contributed by atoms with Gasteiger partial charge in [0.25, 0.3) is 6.43 Å². The van der Waals surface area contributed by atoms with Crippen molar-refractivity contribution in [2.75, 3.05) is 7.11 Å². The van der Waals surface area contributed by atoms with E-state index < -0.39 is 17.4 Å². The predicted octanol–water partition coefficient (Wildman–Crippen LogP) is 5.55. The molecule has 2 aromatic carbocycles. The second-order valence-electron chi connectivity index (χ2n) is 6.05. The number of thioether (sulfide) groups is 1. The normalized spacial score (nSPS) is 11.4. The summed E-state index contributed by atoms with van der Waals surface area (Å²) in [4.78, 5) is 13.0. The molecule has 2 aromatic heterocycles. The fourth-order valence-corrected chi connectivity index (χ4v) is 4.74. The molecule has 0 fully saturated rings. The van der Waals surface area contributed by atoms with Crippen molar-refractivity contribution in [3.8, 4) is 5.13 Å². The summed E-state index contributed by atoms with van der Waals surface area (Å²) >= 11 is 8.71. The van der Waals surface area contributed by atoms with Gasteiger partial charge in [-0.05, 0) is 17.7 Å². The van der Waals surface area contributed by atoms with E-state index >= 15 is 0 Å². The minimum Gasteiger partial charge on any atom is -0.464 e. The van der Waals surface area contributed by atoms with Crippen molar-refractivity contribution in [1.82, 2.24) is 20.0 Å². The second kappa shape index (κ2) is 8.66. The second-order valence-corrected chi connectivity index (χ2v) is 8.49. The Balaban J connectivity index is 1.81. The van der Waals surface area contributed by atoms with Crippen molar-refractivity contribution in [2.24, 2.45) is 0 Å². The highest BCUT2D eigenvalue weighted by atomic mass is 35.5. The van der Waals surface area contributed by atoms with E-state index in [1.54, 1.807) is 23.9 Å². The van der Waals surface area contributed by atoms with Gasteiger partial charge in [-0.25, -0.2) is 18.3 Å². The molecule has 0 N–H and O–H groups in total. The molecule has 0 aliphatic carbocycles. The van der Waals surface area contributed by atoms with E-state index in [1.165, 1.54) is 11.8 Å². The number of methoxy groups -OCH3 is 1. The zero-order valence-corrected chi connectivity index (χ0v) is 17.8. The van der Waals surface area contributed by atoms with Gasteiger partial charge in [0, 0.05) is 10.6 Å². The molecule has 0 saturated carbocycles. The summed E-state index contributed by atoms with van der Waals surface area (Å²) < 4.78 is 32.0. The van der Waals surface area contributed by atoms with Crippen molar-refractivity contribution in [3.63, 3.8) is 0 Å². The molecule has 30 heavy (non-hydrogen) atoms. The number of aromatic nitrogens is 4. The van der Waals surface area contributed by atoms with Crippen molar-refractivity contribution in [2.45, 2.75) is 17.1 Å². The minimum atomic E-state index is -2.75. The lowest BCUT2D eigenvalue weighted by Crippen LogP contribution is -2.04. The highest BCUT2D eigenvalue weighted by molar-refractivity contribution is 7.98. The number of ether oxygens (including phenoxy) is 1. The van der Waals surface area contributed by atoms with E-state index in [4.69, 9.17) is 16.3 Å². The number of hydrogen-bond acceptors (Lipinski definition) is 7. The van der Waals surface area contributed by atoms with Gasteiger partial charge >= 0.3 is 5.97 Å². The predicted molar refractivity (Wildman–Crippen MR) is 112 cm³/mol. The fourth-order valence-electron chi connectivity index (χ4n) is 2.78. The standard InChI is InChI=1S/C19H13ClF2N4O2S2/c1-28-18(27)15-14-12(20)7-11(29-9-10-5-3-2-4-6-10)8-13(14)26(25-15)19-24-23-17(30-19)16(21)22/h2-8,16H,9H2,1H3. The summed E-state index contributed by atoms with van der Waals surface area (Å²) in [6.45, 7) is 0. The molecule has 6 nitrogen and oxygen atoms in total. The Morgan fingerprint density at radius 3 is 2.70 bits per heavy atom. The molecule has 0 amide bonds. The Hall–Kier alpha value is -2.56. The zero-order valence-electron chi connectivity index (χ0n) is 15.4. The van der Waals surface area contributed by atoms with E-state index in [0.29, 0.717) is 33.0 Å². The van der Waals surface area contributed by atoms with Crippen LogP contribution in [0.3, 0.4) is 0 Å². The quantitative estimate of drug-likeness (QED) is 0.274. The van der Waals surface area contributed by atoms with E-state index in [0.717, 1.165) is 10.5 Å². The molecule has 0 aliphatic heterocycles. The summed E-state index contributed by atoms with van der Waals surface area (Å²) in [5, 5.41) is 11.9. The van der Waals surface area contributed by atoms with Crippen LogP contribution in [0.2, 0.25) is 5.02 Å². The van der Waals surface area contributed by atoms with Crippen LogP contribution in [0.15, 0.2) is 47.4 Å². The van der Waals surface area contributed by atoms with Gasteiger partial charge in [-0.15, -0.1) is 22.0 Å². The maximum atomic E-state index is 13.0. The lowest BCUT2D eigenvalue weighted by molar-refractivity contribution is 0.0595. The molecule has 0 atom stereocenters. The molecule has 4 aromatic rings. The molecule has 0 aliphatic rings. The van der Waals surface area contributed by atoms with E-state index in [2.05, 4.69) is 15.3 Å². The van der Waals surface area contributed by atoms with Gasteiger partial charge in [-0.3, -0.25) is 0 Å². The Morgan fingerprint density at radius 2 is 2.03 bits per heavy atom. The number of carbonyl (C=O) groups excluding carboxylic acids is 1. The molecule has 0 spiro atoms. The van der Waals surface area contributed by atoms with Gasteiger partial charge in [0.15, 0.2) is 10.7 Å². The molecular weight excluding hydrogens is 454 g/mol. The summed E-state index contributed by atoms with van der Waals surface area (Å²) in [6, 6.07) is 13.4. The van der Waals surface area contributed by atoms with Gasteiger partial charge in [0.05, 0.1) is 23.0 Å². The number of rotatable bonds is 6. The maximum Gasteiger partial charge on any atom is 0.359 e. The minimum absolute atomic E-state index is 0.0223. The van der Waals surface area contributed by atoms with Crippen LogP contribution in [0.4, 0.5) is 8.78 Å². The maximum absolute atomic E-state index is 13.0. The largest absolute Gasteiger partial charge is 0.464 e. The van der Waals surface area contributed by atoms with Crippen LogP contribution in [0.1, 0.15) is 27.5 Å². The lowest BCUT2D eigenvalue weighted by Gasteiger charge is -2.05. The van der Waals surface area contributed by atoms with Crippen LogP contribution in [0.5, 0.6) is 0 Å². The average Bonchev–Trinajstić information content (AvgIpc) is 3.38. The monoisotopic (exact) mass is 466 g/mol. The molecule has 0 radical (unpaired) electrons. The Labute approximate surface area is 182 Å². The summed E-state index contributed by atoms with van der Waals surface area (Å²) in [7, 11) is 1.23. The highest BCUT2D eigenvalue weighted by Gasteiger charge is 2.24. The summed E-state index contributed by atoms with van der Waals surface area (Å²) in [6.07, 6.45) is -2.75. The molecule has 0 unspecified atom stereocenters. The van der Waals surface area contributed by atoms with Crippen LogP contribution in [-0.2, 0) is 10.5 Å². The number of benzene rings is 2. The number of carbonyl (C=O) groups is 1. The van der Waals surface area contributed by atoms with Crippen molar-refractivity contribution >= 4 is 51.6 Å². The smallest absolute Gasteiger partial charge is 0.359 e. The van der Waals surface area contributed by atoms with Crippen LogP contribution in [0.25, 0.3) is 16.0 Å². The Morgan fingerprint density at radius 1 is 1.27 bits per heavy atom. The highest BCUT2D eigenvalue weighted by Crippen LogP contribution is 2.36. The van der Waals surface area contributed by atoms with E-state index in [-0.39, 0.29) is 10.8 Å². The van der Waals surface area contributed by atoms with E-state index in [9.17, 15) is 13.6 Å². The summed E-state index contributed by atoms with van der Waals surface area (Å²) in [5.41, 5.74) is 1.56. The first-order valence-corrected chi connectivity index (χ1v) is 10.7. The first kappa shape index (κ1) is 20.7. The molecule has 0 bridgehead atoms. The molecule has 11 heteroatoms. The third kappa shape index (κ3) is 4.03. The first-order valence-electron chi connectivity index (χ1n) is 8.57. The first-order chi connectivity index (χ1) is 14.5. The number of hydrogen-bond donors (Lipinski definition) is 0. The third-order valence-corrected chi connectivity index (χ3v) is 6.38. The van der Waals surface area contributed by atoms with Crippen molar-refractivity contribution in [3.05, 3.63) is 63.8 Å². The number of alkyl halides is 2. The fraction of sp³-hybridized carbons (Fsp3) is 0.158. The SMILES string of the molecule is COC(=O)c1nn(-c2nnc(C(F)F)s2)c2cc(SCc3ccccc3)cc(Cl)c12. The van der Waals surface area contributed by atoms with Gasteiger partial charge in [0.2, 0.25) is 5.13 Å². The van der Waals surface area contributed by atoms with Gasteiger partial charge in [-0.1, -0.05) is 53.3 Å². The molecular formula is C19H13ClF2N4O2S2. The number of halogens is 3. The average molecular weight is 467 g/mol. The van der Waals surface area contributed by atoms with Crippen LogP contribution < -0.4 is 0 Å². The van der Waals surface area contributed by atoms with Crippen molar-refractivity contribution < 1.29 is 18.3 Å². The molecule has 154 valence electrons. The van der Waals surface area contributed by atoms with Gasteiger partial charge in [0.1, 0.15) is 0 Å². The summed E-state index contributed by atoms with van der Waals surface area (Å²) in [5.74, 6) is 0.0126. The van der Waals surface area contributed by atoms with Crippen LogP contribution >= 0.6 is 34.7 Å². The Bertz CT molecular complexity index is 1210. The lowest BCUT2D eigenvalue weighted by atomic mass is 10.2. The molecule has 0 saturated heterocycles. The zero-order chi connectivity index (χ0) is 21.3. The van der Waals surface area contributed by atoms with E-state index in [1.807, 2.05) is 30.3 Å². The molecule has 2 heterocycles. The topological polar surface area (TPSA) is 69.9 Å².